The third-order valence-corrected chi connectivity index (χ3v) is 9.48. The van der Waals surface area contributed by atoms with Crippen LogP contribution in [0.4, 0.5) is 14.7 Å². The summed E-state index contributed by atoms with van der Waals surface area (Å²) < 4.78 is 15.6. The van der Waals surface area contributed by atoms with Gasteiger partial charge in [0.25, 0.3) is 0 Å². The smallest absolute Gasteiger partial charge is 0.236 e. The number of nitrogens with one attached hydrogen (secondary N) is 1. The quantitative estimate of drug-likeness (QED) is 0.355. The lowest BCUT2D eigenvalue weighted by Gasteiger charge is -2.42. The van der Waals surface area contributed by atoms with E-state index in [0.717, 1.165) is 16.3 Å². The molecule has 0 fully saturated rings. The Bertz CT molecular complexity index is 1620. The zero-order chi connectivity index (χ0) is 28.8. The van der Waals surface area contributed by atoms with Gasteiger partial charge in [-0.2, -0.15) is 5.26 Å². The fourth-order valence-electron chi connectivity index (χ4n) is 4.78. The average molecular weight is 617 g/mol. The molecule has 1 unspecified atom stereocenters. The lowest BCUT2D eigenvalue weighted by Crippen LogP contribution is -2.42. The number of rotatable bonds is 6. The van der Waals surface area contributed by atoms with E-state index in [4.69, 9.17) is 17.3 Å². The molecule has 0 saturated carbocycles. The molecule has 40 heavy (non-hydrogen) atoms. The monoisotopic (exact) mass is 616 g/mol. The van der Waals surface area contributed by atoms with Crippen LogP contribution in [0, 0.1) is 29.5 Å². The lowest BCUT2D eigenvalue weighted by atomic mass is 9.68. The van der Waals surface area contributed by atoms with Gasteiger partial charge in [-0.1, -0.05) is 66.0 Å². The van der Waals surface area contributed by atoms with Gasteiger partial charge in [-0.05, 0) is 30.9 Å². The number of hydrogen-bond acceptors (Lipinski definition) is 12. The molecule has 0 saturated heterocycles. The highest BCUT2D eigenvalue weighted by molar-refractivity contribution is 8.01. The van der Waals surface area contributed by atoms with Gasteiger partial charge in [0.05, 0.1) is 23.3 Å². The Hall–Kier alpha value is -3.38. The second-order valence-corrected chi connectivity index (χ2v) is 13.7. The van der Waals surface area contributed by atoms with E-state index < -0.39 is 17.2 Å². The molecule has 1 aliphatic carbocycles. The van der Waals surface area contributed by atoms with Crippen molar-refractivity contribution in [3.63, 3.8) is 0 Å². The average Bonchev–Trinajstić information content (AvgIpc) is 3.50. The van der Waals surface area contributed by atoms with E-state index in [1.54, 1.807) is 11.8 Å². The van der Waals surface area contributed by atoms with Crippen LogP contribution in [0.2, 0.25) is 5.02 Å². The van der Waals surface area contributed by atoms with E-state index in [0.29, 0.717) is 26.7 Å². The summed E-state index contributed by atoms with van der Waals surface area (Å²) in [5.74, 6) is -2.11. The molecule has 1 atom stereocenters. The first kappa shape index (κ1) is 28.2. The highest BCUT2D eigenvalue weighted by Gasteiger charge is 2.46. The Morgan fingerprint density at radius 3 is 2.75 bits per heavy atom. The summed E-state index contributed by atoms with van der Waals surface area (Å²) in [4.78, 5) is 27.5. The highest BCUT2D eigenvalue weighted by atomic mass is 35.5. The number of aryl methyl sites for hydroxylation is 1. The normalized spacial score (nSPS) is 18.6. The van der Waals surface area contributed by atoms with Gasteiger partial charge in [-0.15, -0.1) is 20.4 Å². The number of nitriles is 1. The molecule has 5 rings (SSSR count). The molecule has 0 bridgehead atoms. The number of aromatic nitrogens is 4. The maximum absolute atomic E-state index is 15.2. The number of amides is 1. The van der Waals surface area contributed by atoms with Crippen LogP contribution < -0.4 is 16.0 Å². The molecule has 3 aromatic rings. The fraction of sp³-hybridized carbons (Fsp3) is 0.320. The Kier molecular flexibility index (Phi) is 7.66. The highest BCUT2D eigenvalue weighted by Crippen LogP contribution is 2.52. The molecule has 2 aromatic heterocycles. The van der Waals surface area contributed by atoms with Crippen LogP contribution in [0.3, 0.4) is 0 Å². The number of carbonyl (C=O) groups excluding carboxylic acids is 2. The van der Waals surface area contributed by atoms with Crippen LogP contribution in [0.25, 0.3) is 0 Å². The Labute approximate surface area is 246 Å². The molecular formula is C25H22ClFN8O2S3. The molecule has 3 heterocycles. The maximum Gasteiger partial charge on any atom is 0.236 e. The van der Waals surface area contributed by atoms with Gasteiger partial charge in [-0.3, -0.25) is 19.8 Å². The number of ketones is 1. The Morgan fingerprint density at radius 1 is 1.30 bits per heavy atom. The summed E-state index contributed by atoms with van der Waals surface area (Å²) in [5.41, 5.74) is 6.99. The fourth-order valence-corrected chi connectivity index (χ4v) is 7.34. The molecule has 0 radical (unpaired) electrons. The largest absolute Gasteiger partial charge is 0.384 e. The topological polar surface area (TPSA) is 151 Å². The first-order valence-electron chi connectivity index (χ1n) is 12.0. The molecular weight excluding hydrogens is 595 g/mol. The van der Waals surface area contributed by atoms with Gasteiger partial charge in [0.2, 0.25) is 16.2 Å². The van der Waals surface area contributed by atoms with E-state index in [2.05, 4.69) is 31.8 Å². The van der Waals surface area contributed by atoms with Gasteiger partial charge >= 0.3 is 0 Å². The first-order chi connectivity index (χ1) is 19.0. The number of Topliss-reactive ketones (excluding diaryl/α,β-unsaturated/α-hetero) is 1. The standard InChI is InChI=1S/C25H22ClFN8O2S3/c1-11-31-32-22(39-11)30-17(37)10-38-24-34-33-23(40-24)35-15-7-25(2,3)8-16(36)20(15)18(12(9-28)21(35)29)19-13(26)5-4-6-14(19)27/h4-6,18H,7-8,10,29H2,1-3H3,(H,30,32,37). The van der Waals surface area contributed by atoms with Crippen LogP contribution >= 0.6 is 46.0 Å². The lowest BCUT2D eigenvalue weighted by molar-refractivity contribution is -0.118. The van der Waals surface area contributed by atoms with Crippen molar-refractivity contribution in [2.75, 3.05) is 16.0 Å². The van der Waals surface area contributed by atoms with Crippen molar-refractivity contribution in [3.05, 3.63) is 62.3 Å². The maximum atomic E-state index is 15.2. The SMILES string of the molecule is Cc1nnc(NC(=O)CSc2nnc(N3C(N)=C(C#N)C(c4c(F)cccc4Cl)C4=C3CC(C)(C)CC4=O)s2)s1. The van der Waals surface area contributed by atoms with Gasteiger partial charge in [0.1, 0.15) is 16.6 Å². The van der Waals surface area contributed by atoms with Gasteiger partial charge in [0, 0.05) is 28.3 Å². The van der Waals surface area contributed by atoms with Crippen LogP contribution in [0.15, 0.2) is 45.2 Å². The van der Waals surface area contributed by atoms with E-state index in [1.807, 2.05) is 13.8 Å². The van der Waals surface area contributed by atoms with Gasteiger partial charge in [-0.25, -0.2) is 4.39 Å². The number of anilines is 2. The molecule has 15 heteroatoms. The first-order valence-corrected chi connectivity index (χ1v) is 14.9. The summed E-state index contributed by atoms with van der Waals surface area (Å²) in [6.45, 7) is 5.70. The molecule has 206 valence electrons. The van der Waals surface area contributed by atoms with Crippen LogP contribution in [-0.4, -0.2) is 37.8 Å². The van der Waals surface area contributed by atoms with Crippen molar-refractivity contribution in [2.45, 2.75) is 43.9 Å². The van der Waals surface area contributed by atoms with Crippen molar-refractivity contribution < 1.29 is 14.0 Å². The van der Waals surface area contributed by atoms with Crippen LogP contribution in [-0.2, 0) is 9.59 Å². The summed E-state index contributed by atoms with van der Waals surface area (Å²) in [5, 5.41) is 30.7. The minimum absolute atomic E-state index is 0.00469. The molecule has 1 aliphatic heterocycles. The number of nitrogens with zero attached hydrogens (tertiary/aromatic N) is 6. The van der Waals surface area contributed by atoms with Crippen molar-refractivity contribution >= 4 is 68.0 Å². The summed E-state index contributed by atoms with van der Waals surface area (Å²) >= 11 is 10.0. The number of carbonyl (C=O) groups is 2. The molecule has 10 nitrogen and oxygen atoms in total. The number of benzene rings is 1. The van der Waals surface area contributed by atoms with Crippen LogP contribution in [0.5, 0.6) is 0 Å². The third kappa shape index (κ3) is 5.34. The predicted molar refractivity (Wildman–Crippen MR) is 152 cm³/mol. The van der Waals surface area contributed by atoms with Gasteiger partial charge in [0.15, 0.2) is 10.1 Å². The number of nitrogens with two attached hydrogens (primary N) is 1. The van der Waals surface area contributed by atoms with E-state index >= 15 is 4.39 Å². The third-order valence-electron chi connectivity index (χ3n) is 6.36. The predicted octanol–water partition coefficient (Wildman–Crippen LogP) is 5.16. The van der Waals surface area contributed by atoms with Crippen molar-refractivity contribution in [2.24, 2.45) is 11.1 Å². The minimum atomic E-state index is -1.05. The Balaban J connectivity index is 1.51. The zero-order valence-electron chi connectivity index (χ0n) is 21.5. The molecule has 1 aromatic carbocycles. The molecule has 2 aliphatic rings. The van der Waals surface area contributed by atoms with Crippen molar-refractivity contribution in [3.8, 4) is 6.07 Å². The second kappa shape index (κ2) is 10.9. The van der Waals surface area contributed by atoms with E-state index in [9.17, 15) is 14.9 Å². The number of allylic oxidation sites excluding steroid dienone is 3. The number of thioether (sulfide) groups is 1. The number of halogens is 2. The van der Waals surface area contributed by atoms with Crippen molar-refractivity contribution in [1.29, 1.82) is 5.26 Å². The van der Waals surface area contributed by atoms with Crippen LogP contribution in [0.1, 0.15) is 43.2 Å². The summed E-state index contributed by atoms with van der Waals surface area (Å²) in [6.07, 6.45) is 0.628. The Morgan fingerprint density at radius 2 is 2.08 bits per heavy atom. The summed E-state index contributed by atoms with van der Waals surface area (Å²) in [6, 6.07) is 6.32. The second-order valence-electron chi connectivity index (χ2n) is 9.93. The van der Waals surface area contributed by atoms with Gasteiger partial charge < -0.3 is 5.73 Å². The van der Waals surface area contributed by atoms with E-state index in [1.165, 1.54) is 41.3 Å². The number of hydrogen-bond donors (Lipinski definition) is 2. The summed E-state index contributed by atoms with van der Waals surface area (Å²) in [7, 11) is 0. The molecule has 3 N–H and O–H groups in total. The minimum Gasteiger partial charge on any atom is -0.384 e. The molecule has 1 amide bonds. The zero-order valence-corrected chi connectivity index (χ0v) is 24.7. The van der Waals surface area contributed by atoms with E-state index in [-0.39, 0.29) is 51.4 Å². The molecule has 0 spiro atoms. The van der Waals surface area contributed by atoms with Crippen molar-refractivity contribution in [1.82, 2.24) is 20.4 Å².